The van der Waals surface area contributed by atoms with E-state index in [9.17, 15) is 9.59 Å². The Kier molecular flexibility index (Phi) is 5.90. The second-order valence-corrected chi connectivity index (χ2v) is 7.84. The second-order valence-electron chi connectivity index (χ2n) is 7.84. The Morgan fingerprint density at radius 2 is 1.77 bits per heavy atom. The summed E-state index contributed by atoms with van der Waals surface area (Å²) in [5, 5.41) is 2.91. The lowest BCUT2D eigenvalue weighted by molar-refractivity contribution is -0.120. The summed E-state index contributed by atoms with van der Waals surface area (Å²) in [6.45, 7) is 5.65. The Balaban J connectivity index is 1.40. The van der Waals surface area contributed by atoms with Gasteiger partial charge in [-0.1, -0.05) is 12.1 Å². The van der Waals surface area contributed by atoms with Gasteiger partial charge in [0.15, 0.2) is 0 Å². The third-order valence-electron chi connectivity index (χ3n) is 5.80. The van der Waals surface area contributed by atoms with Crippen molar-refractivity contribution in [1.29, 1.82) is 0 Å². The van der Waals surface area contributed by atoms with Gasteiger partial charge in [-0.3, -0.25) is 14.5 Å². The van der Waals surface area contributed by atoms with Crippen molar-refractivity contribution in [2.45, 2.75) is 19.4 Å². The van der Waals surface area contributed by atoms with E-state index in [1.165, 1.54) is 5.69 Å². The first-order valence-corrected chi connectivity index (χ1v) is 10.4. The number of fused-ring (bicyclic) bond motifs is 1. The first-order valence-electron chi connectivity index (χ1n) is 10.4. The molecule has 0 radical (unpaired) electrons. The minimum Gasteiger partial charge on any atom is -0.497 e. The molecule has 2 aromatic carbocycles. The van der Waals surface area contributed by atoms with Crippen LogP contribution >= 0.6 is 0 Å². The molecule has 158 valence electrons. The van der Waals surface area contributed by atoms with Crippen molar-refractivity contribution in [2.75, 3.05) is 55.0 Å². The van der Waals surface area contributed by atoms with E-state index in [0.29, 0.717) is 18.7 Å². The highest BCUT2D eigenvalue weighted by atomic mass is 16.5. The predicted molar refractivity (Wildman–Crippen MR) is 118 cm³/mol. The summed E-state index contributed by atoms with van der Waals surface area (Å²) in [6, 6.07) is 15.4. The first-order chi connectivity index (χ1) is 14.5. The Bertz CT molecular complexity index is 907. The van der Waals surface area contributed by atoms with Gasteiger partial charge < -0.3 is 19.9 Å². The lowest BCUT2D eigenvalue weighted by Gasteiger charge is -2.37. The van der Waals surface area contributed by atoms with Crippen LogP contribution in [-0.2, 0) is 9.59 Å². The number of rotatable bonds is 4. The van der Waals surface area contributed by atoms with Crippen molar-refractivity contribution in [1.82, 2.24) is 4.90 Å². The van der Waals surface area contributed by atoms with Crippen LogP contribution in [0.4, 0.5) is 17.1 Å². The monoisotopic (exact) mass is 408 g/mol. The summed E-state index contributed by atoms with van der Waals surface area (Å²) < 4.78 is 5.23. The first kappa shape index (κ1) is 20.2. The van der Waals surface area contributed by atoms with Crippen molar-refractivity contribution >= 4 is 28.9 Å². The number of piperazine rings is 1. The Morgan fingerprint density at radius 1 is 1.07 bits per heavy atom. The van der Waals surface area contributed by atoms with E-state index in [-0.39, 0.29) is 17.9 Å². The van der Waals surface area contributed by atoms with E-state index >= 15 is 0 Å². The molecule has 0 bridgehead atoms. The number of nitrogens with zero attached hydrogens (tertiary/aromatic N) is 3. The van der Waals surface area contributed by atoms with Crippen LogP contribution < -0.4 is 19.9 Å². The number of methoxy groups -OCH3 is 1. The molecule has 0 aliphatic carbocycles. The van der Waals surface area contributed by atoms with Crippen molar-refractivity contribution in [3.63, 3.8) is 0 Å². The molecule has 2 aliphatic heterocycles. The van der Waals surface area contributed by atoms with Gasteiger partial charge in [0.05, 0.1) is 25.0 Å². The van der Waals surface area contributed by atoms with E-state index in [4.69, 9.17) is 4.74 Å². The van der Waals surface area contributed by atoms with E-state index in [1.807, 2.05) is 43.3 Å². The van der Waals surface area contributed by atoms with Gasteiger partial charge in [0, 0.05) is 44.3 Å². The standard InChI is InChI=1S/C23H28N4O3/c1-17-15-22(28)24-20-5-3-4-6-21(20)27(17)23(29)16-25-11-13-26(14-12-25)18-7-9-19(30-2)10-8-18/h3-10,17H,11-16H2,1-2H3,(H,24,28)/t17-/m1/s1. The molecular formula is C23H28N4O3. The van der Waals surface area contributed by atoms with Gasteiger partial charge in [0.2, 0.25) is 11.8 Å². The highest BCUT2D eigenvalue weighted by Gasteiger charge is 2.31. The molecule has 0 aromatic heterocycles. The minimum atomic E-state index is -0.179. The fourth-order valence-corrected chi connectivity index (χ4v) is 4.19. The maximum Gasteiger partial charge on any atom is 0.241 e. The fourth-order valence-electron chi connectivity index (χ4n) is 4.19. The fraction of sp³-hybridized carbons (Fsp3) is 0.391. The number of benzene rings is 2. The summed E-state index contributed by atoms with van der Waals surface area (Å²) >= 11 is 0. The van der Waals surface area contributed by atoms with Crippen LogP contribution in [0.5, 0.6) is 5.75 Å². The summed E-state index contributed by atoms with van der Waals surface area (Å²) in [7, 11) is 1.67. The van der Waals surface area contributed by atoms with E-state index in [1.54, 1.807) is 12.0 Å². The average molecular weight is 409 g/mol. The molecule has 1 atom stereocenters. The lowest BCUT2D eigenvalue weighted by atomic mass is 10.1. The molecule has 7 nitrogen and oxygen atoms in total. The number of ether oxygens (including phenoxy) is 1. The van der Waals surface area contributed by atoms with Gasteiger partial charge in [-0.2, -0.15) is 0 Å². The van der Waals surface area contributed by atoms with Crippen LogP contribution in [0.15, 0.2) is 48.5 Å². The number of carbonyl (C=O) groups excluding carboxylic acids is 2. The topological polar surface area (TPSA) is 65.1 Å². The molecule has 2 heterocycles. The maximum atomic E-state index is 13.2. The lowest BCUT2D eigenvalue weighted by Crippen LogP contribution is -2.51. The van der Waals surface area contributed by atoms with Gasteiger partial charge >= 0.3 is 0 Å². The minimum absolute atomic E-state index is 0.0318. The van der Waals surface area contributed by atoms with Crippen LogP contribution in [0.25, 0.3) is 0 Å². The van der Waals surface area contributed by atoms with Crippen LogP contribution in [0.2, 0.25) is 0 Å². The van der Waals surface area contributed by atoms with Crippen molar-refractivity contribution in [2.24, 2.45) is 0 Å². The molecule has 2 aromatic rings. The van der Waals surface area contributed by atoms with Crippen LogP contribution in [0.1, 0.15) is 13.3 Å². The van der Waals surface area contributed by atoms with Gasteiger partial charge in [0.1, 0.15) is 5.75 Å². The molecule has 0 saturated carbocycles. The molecule has 1 N–H and O–H groups in total. The van der Waals surface area contributed by atoms with Crippen LogP contribution in [-0.4, -0.2) is 62.6 Å². The molecule has 2 amide bonds. The number of amides is 2. The van der Waals surface area contributed by atoms with Gasteiger partial charge in [-0.25, -0.2) is 0 Å². The summed E-state index contributed by atoms with van der Waals surface area (Å²) in [6.07, 6.45) is 0.297. The molecule has 7 heteroatoms. The van der Waals surface area contributed by atoms with Crippen LogP contribution in [0, 0.1) is 0 Å². The molecule has 1 saturated heterocycles. The summed E-state index contributed by atoms with van der Waals surface area (Å²) in [4.78, 5) is 31.7. The zero-order valence-electron chi connectivity index (χ0n) is 17.5. The number of hydrogen-bond acceptors (Lipinski definition) is 5. The van der Waals surface area contributed by atoms with Gasteiger partial charge in [-0.15, -0.1) is 0 Å². The molecule has 0 unspecified atom stereocenters. The van der Waals surface area contributed by atoms with E-state index < -0.39 is 0 Å². The average Bonchev–Trinajstić information content (AvgIpc) is 2.88. The summed E-state index contributed by atoms with van der Waals surface area (Å²) in [5.41, 5.74) is 2.64. The third-order valence-corrected chi connectivity index (χ3v) is 5.80. The molecule has 0 spiro atoms. The second kappa shape index (κ2) is 8.75. The number of carbonyl (C=O) groups is 2. The molecule has 2 aliphatic rings. The van der Waals surface area contributed by atoms with Gasteiger partial charge in [0.25, 0.3) is 0 Å². The van der Waals surface area contributed by atoms with Gasteiger partial charge in [-0.05, 0) is 43.3 Å². The van der Waals surface area contributed by atoms with E-state index in [2.05, 4.69) is 27.2 Å². The number of nitrogens with one attached hydrogen (secondary N) is 1. The molecule has 30 heavy (non-hydrogen) atoms. The van der Waals surface area contributed by atoms with Crippen molar-refractivity contribution < 1.29 is 14.3 Å². The number of anilines is 3. The van der Waals surface area contributed by atoms with Crippen LogP contribution in [0.3, 0.4) is 0 Å². The molecule has 1 fully saturated rings. The predicted octanol–water partition coefficient (Wildman–Crippen LogP) is 2.58. The SMILES string of the molecule is COc1ccc(N2CCN(CC(=O)N3c4ccccc4NC(=O)C[C@H]3C)CC2)cc1. The van der Waals surface area contributed by atoms with Crippen molar-refractivity contribution in [3.05, 3.63) is 48.5 Å². The Morgan fingerprint density at radius 3 is 2.47 bits per heavy atom. The normalized spacial score (nSPS) is 19.7. The molecule has 4 rings (SSSR count). The quantitative estimate of drug-likeness (QED) is 0.843. The summed E-state index contributed by atoms with van der Waals surface area (Å²) in [5.74, 6) is 0.825. The highest BCUT2D eigenvalue weighted by molar-refractivity contribution is 6.04. The smallest absolute Gasteiger partial charge is 0.241 e. The highest BCUT2D eigenvalue weighted by Crippen LogP contribution is 2.31. The third kappa shape index (κ3) is 4.26. The largest absolute Gasteiger partial charge is 0.497 e. The Labute approximate surface area is 177 Å². The zero-order chi connectivity index (χ0) is 21.1. The maximum absolute atomic E-state index is 13.2. The van der Waals surface area contributed by atoms with E-state index in [0.717, 1.165) is 37.6 Å². The zero-order valence-corrected chi connectivity index (χ0v) is 17.5. The number of para-hydroxylation sites is 2. The molecular weight excluding hydrogens is 380 g/mol. The Hall–Kier alpha value is -3.06. The van der Waals surface area contributed by atoms with Crippen molar-refractivity contribution in [3.8, 4) is 5.75 Å². The number of hydrogen-bond donors (Lipinski definition) is 1.